The molecule has 5 nitrogen and oxygen atoms in total. The van der Waals surface area contributed by atoms with Crippen LogP contribution in [0.1, 0.15) is 61.5 Å². The molecule has 0 unspecified atom stereocenters. The maximum absolute atomic E-state index is 12.4. The Balaban J connectivity index is 1.59. The van der Waals surface area contributed by atoms with Gasteiger partial charge in [0, 0.05) is 25.3 Å². The molecular weight excluding hydrogens is 266 g/mol. The van der Waals surface area contributed by atoms with Gasteiger partial charge in [-0.3, -0.25) is 4.79 Å². The van der Waals surface area contributed by atoms with Gasteiger partial charge in [0.25, 0.3) is 5.91 Å². The maximum atomic E-state index is 12.4. The van der Waals surface area contributed by atoms with E-state index in [1.165, 1.54) is 6.33 Å². The van der Waals surface area contributed by atoms with E-state index >= 15 is 0 Å². The summed E-state index contributed by atoms with van der Waals surface area (Å²) in [4.78, 5) is 20.7. The molecule has 1 saturated carbocycles. The zero-order valence-corrected chi connectivity index (χ0v) is 12.8. The van der Waals surface area contributed by atoms with Crippen molar-refractivity contribution < 1.29 is 9.53 Å². The highest BCUT2D eigenvalue weighted by molar-refractivity contribution is 5.95. The molecule has 21 heavy (non-hydrogen) atoms. The van der Waals surface area contributed by atoms with E-state index in [2.05, 4.69) is 29.1 Å². The molecule has 1 atom stereocenters. The number of hydrogen-bond donors (Lipinski definition) is 1. The van der Waals surface area contributed by atoms with Gasteiger partial charge in [0.15, 0.2) is 0 Å². The van der Waals surface area contributed by atoms with E-state index in [4.69, 9.17) is 4.74 Å². The van der Waals surface area contributed by atoms with Crippen LogP contribution in [0.25, 0.3) is 0 Å². The molecule has 1 N–H and O–H groups in total. The molecule has 5 heteroatoms. The van der Waals surface area contributed by atoms with Crippen molar-refractivity contribution in [1.29, 1.82) is 0 Å². The Morgan fingerprint density at radius 2 is 2.24 bits per heavy atom. The van der Waals surface area contributed by atoms with Crippen molar-refractivity contribution >= 4 is 5.91 Å². The average Bonchev–Trinajstić information content (AvgIpc) is 3.28. The number of rotatable bonds is 4. The van der Waals surface area contributed by atoms with Gasteiger partial charge in [-0.25, -0.2) is 9.97 Å². The van der Waals surface area contributed by atoms with Crippen LogP contribution in [0.5, 0.6) is 0 Å². The van der Waals surface area contributed by atoms with E-state index in [0.717, 1.165) is 38.0 Å². The van der Waals surface area contributed by atoms with Gasteiger partial charge in [0.1, 0.15) is 6.33 Å². The quantitative estimate of drug-likeness (QED) is 0.923. The number of amides is 1. The molecule has 1 aromatic rings. The molecular formula is C16H23N3O2. The predicted octanol–water partition coefficient (Wildman–Crippen LogP) is 2.29. The second kappa shape index (κ2) is 5.72. The van der Waals surface area contributed by atoms with Crippen molar-refractivity contribution in [2.75, 3.05) is 13.2 Å². The minimum atomic E-state index is -0.0807. The van der Waals surface area contributed by atoms with Crippen LogP contribution >= 0.6 is 0 Å². The third kappa shape index (κ3) is 3.59. The van der Waals surface area contributed by atoms with Crippen LogP contribution < -0.4 is 5.32 Å². The molecule has 1 amide bonds. The summed E-state index contributed by atoms with van der Waals surface area (Å²) >= 11 is 0. The van der Waals surface area contributed by atoms with Crippen LogP contribution in [-0.4, -0.2) is 34.6 Å². The van der Waals surface area contributed by atoms with Crippen LogP contribution in [0.2, 0.25) is 0 Å². The summed E-state index contributed by atoms with van der Waals surface area (Å²) < 4.78 is 5.71. The number of hydrogen-bond acceptors (Lipinski definition) is 4. The van der Waals surface area contributed by atoms with Gasteiger partial charge in [-0.1, -0.05) is 0 Å². The van der Waals surface area contributed by atoms with Crippen molar-refractivity contribution in [3.05, 3.63) is 23.8 Å². The SMILES string of the molecule is CC1(C)C[C@@H](CNC(=O)c2cncnc2C2CC2)CCO1. The van der Waals surface area contributed by atoms with Crippen molar-refractivity contribution in [2.24, 2.45) is 5.92 Å². The highest BCUT2D eigenvalue weighted by Crippen LogP contribution is 2.40. The third-order valence-electron chi connectivity index (χ3n) is 4.30. The van der Waals surface area contributed by atoms with Gasteiger partial charge >= 0.3 is 0 Å². The summed E-state index contributed by atoms with van der Waals surface area (Å²) in [5.41, 5.74) is 1.48. The van der Waals surface area contributed by atoms with Crippen LogP contribution in [0, 0.1) is 5.92 Å². The smallest absolute Gasteiger partial charge is 0.254 e. The number of carbonyl (C=O) groups is 1. The van der Waals surface area contributed by atoms with Crippen LogP contribution in [0.15, 0.2) is 12.5 Å². The Hall–Kier alpha value is -1.49. The third-order valence-corrected chi connectivity index (χ3v) is 4.30. The minimum Gasteiger partial charge on any atom is -0.376 e. The number of carbonyl (C=O) groups excluding carboxylic acids is 1. The van der Waals surface area contributed by atoms with Crippen LogP contribution in [0.3, 0.4) is 0 Å². The highest BCUT2D eigenvalue weighted by atomic mass is 16.5. The molecule has 0 spiro atoms. The fraction of sp³-hybridized carbons (Fsp3) is 0.688. The molecule has 0 radical (unpaired) electrons. The molecule has 2 fully saturated rings. The molecule has 1 saturated heterocycles. The zero-order valence-electron chi connectivity index (χ0n) is 12.8. The van der Waals surface area contributed by atoms with Gasteiger partial charge in [0.05, 0.1) is 16.9 Å². The second-order valence-corrected chi connectivity index (χ2v) is 6.77. The summed E-state index contributed by atoms with van der Waals surface area (Å²) in [6, 6.07) is 0. The average molecular weight is 289 g/mol. The van der Waals surface area contributed by atoms with E-state index < -0.39 is 0 Å². The molecule has 1 aromatic heterocycles. The Kier molecular flexibility index (Phi) is 3.93. The zero-order chi connectivity index (χ0) is 14.9. The maximum Gasteiger partial charge on any atom is 0.254 e. The second-order valence-electron chi connectivity index (χ2n) is 6.77. The van der Waals surface area contributed by atoms with Crippen molar-refractivity contribution in [1.82, 2.24) is 15.3 Å². The number of ether oxygens (including phenoxy) is 1. The molecule has 3 rings (SSSR count). The van der Waals surface area contributed by atoms with Gasteiger partial charge < -0.3 is 10.1 Å². The van der Waals surface area contributed by atoms with E-state index in [0.29, 0.717) is 23.9 Å². The number of aromatic nitrogens is 2. The van der Waals surface area contributed by atoms with Crippen molar-refractivity contribution in [2.45, 2.75) is 51.0 Å². The lowest BCUT2D eigenvalue weighted by atomic mass is 9.88. The lowest BCUT2D eigenvalue weighted by molar-refractivity contribution is -0.0715. The molecule has 0 bridgehead atoms. The lowest BCUT2D eigenvalue weighted by Crippen LogP contribution is -2.39. The van der Waals surface area contributed by atoms with Crippen LogP contribution in [0.4, 0.5) is 0 Å². The number of nitrogens with one attached hydrogen (secondary N) is 1. The molecule has 1 aliphatic heterocycles. The Morgan fingerprint density at radius 1 is 1.43 bits per heavy atom. The van der Waals surface area contributed by atoms with E-state index in [-0.39, 0.29) is 11.5 Å². The van der Waals surface area contributed by atoms with E-state index in [1.807, 2.05) is 0 Å². The predicted molar refractivity (Wildman–Crippen MR) is 79.1 cm³/mol. The lowest BCUT2D eigenvalue weighted by Gasteiger charge is -2.35. The largest absolute Gasteiger partial charge is 0.376 e. The Labute approximate surface area is 125 Å². The molecule has 114 valence electrons. The first-order chi connectivity index (χ1) is 10.1. The highest BCUT2D eigenvalue weighted by Gasteiger charge is 2.31. The summed E-state index contributed by atoms with van der Waals surface area (Å²) in [7, 11) is 0. The van der Waals surface area contributed by atoms with Gasteiger partial charge in [0.2, 0.25) is 0 Å². The normalized spacial score (nSPS) is 24.6. The van der Waals surface area contributed by atoms with E-state index in [1.54, 1.807) is 6.20 Å². The first-order valence-corrected chi connectivity index (χ1v) is 7.77. The fourth-order valence-electron chi connectivity index (χ4n) is 3.06. The molecule has 2 aliphatic rings. The van der Waals surface area contributed by atoms with Crippen molar-refractivity contribution in [3.8, 4) is 0 Å². The fourth-order valence-corrected chi connectivity index (χ4v) is 3.06. The minimum absolute atomic E-state index is 0.0400. The summed E-state index contributed by atoms with van der Waals surface area (Å²) in [5, 5.41) is 3.06. The Bertz CT molecular complexity index is 526. The van der Waals surface area contributed by atoms with Gasteiger partial charge in [-0.05, 0) is 45.4 Å². The molecule has 0 aromatic carbocycles. The summed E-state index contributed by atoms with van der Waals surface area (Å²) in [5.74, 6) is 0.893. The first kappa shape index (κ1) is 14.4. The topological polar surface area (TPSA) is 64.1 Å². The first-order valence-electron chi connectivity index (χ1n) is 7.77. The summed E-state index contributed by atoms with van der Waals surface area (Å²) in [6.45, 7) is 5.69. The Morgan fingerprint density at radius 3 is 2.95 bits per heavy atom. The van der Waals surface area contributed by atoms with Gasteiger partial charge in [-0.2, -0.15) is 0 Å². The van der Waals surface area contributed by atoms with E-state index in [9.17, 15) is 4.79 Å². The number of nitrogens with zero attached hydrogens (tertiary/aromatic N) is 2. The standard InChI is InChI=1S/C16H23N3O2/c1-16(2)7-11(5-6-21-16)8-18-15(20)13-9-17-10-19-14(13)12-3-4-12/h9-12H,3-8H2,1-2H3,(H,18,20)/t11-/m0/s1. The van der Waals surface area contributed by atoms with Gasteiger partial charge in [-0.15, -0.1) is 0 Å². The summed E-state index contributed by atoms with van der Waals surface area (Å²) in [6.07, 6.45) is 7.42. The molecule has 1 aliphatic carbocycles. The molecule has 2 heterocycles. The van der Waals surface area contributed by atoms with Crippen LogP contribution in [-0.2, 0) is 4.74 Å². The van der Waals surface area contributed by atoms with Crippen molar-refractivity contribution in [3.63, 3.8) is 0 Å². The monoisotopic (exact) mass is 289 g/mol.